The molecule has 0 saturated carbocycles. The fraction of sp³-hybridized carbons (Fsp3) is 0.440. The SMILES string of the molecule is CCc1ccccc1-c1c(C(C)(C)C)ccc2c1C=C(C(C)CC)[CH]2[Zr]([Cl])[Cl]. The Morgan fingerprint density at radius 2 is 1.71 bits per heavy atom. The predicted octanol–water partition coefficient (Wildman–Crippen LogP) is 8.62. The molecule has 2 aromatic carbocycles. The van der Waals surface area contributed by atoms with Crippen LogP contribution in [0.5, 0.6) is 0 Å². The van der Waals surface area contributed by atoms with Gasteiger partial charge >= 0.3 is 187 Å². The molecule has 2 unspecified atom stereocenters. The monoisotopic (exact) mass is 491 g/mol. The van der Waals surface area contributed by atoms with Crippen molar-refractivity contribution in [3.8, 4) is 11.1 Å². The van der Waals surface area contributed by atoms with Gasteiger partial charge in [-0.2, -0.15) is 0 Å². The summed E-state index contributed by atoms with van der Waals surface area (Å²) >= 11 is -2.51. The van der Waals surface area contributed by atoms with E-state index in [0.717, 1.165) is 12.8 Å². The number of hydrogen-bond donors (Lipinski definition) is 0. The average Bonchev–Trinajstić information content (AvgIpc) is 3.05. The van der Waals surface area contributed by atoms with Crippen LogP contribution in [0.3, 0.4) is 0 Å². The van der Waals surface area contributed by atoms with E-state index in [1.165, 1.54) is 39.0 Å². The van der Waals surface area contributed by atoms with Gasteiger partial charge in [-0.1, -0.05) is 0 Å². The van der Waals surface area contributed by atoms with Crippen molar-refractivity contribution in [1.29, 1.82) is 0 Å². The number of hydrogen-bond acceptors (Lipinski definition) is 0. The standard InChI is InChI=1S/C25H31.2ClH.Zr/c1-7-17(3)20-15-19-13-14-23(25(4,5)6)24(22(19)16-20)21-12-10-9-11-18(21)8-2;;;/h9-17H,7-8H2,1-6H3;2*1H;/q;;;+2/p-2. The molecule has 2 aromatic rings. The zero-order chi connectivity index (χ0) is 20.6. The molecule has 0 amide bonds. The fourth-order valence-electron chi connectivity index (χ4n) is 4.37. The van der Waals surface area contributed by atoms with Crippen molar-refractivity contribution >= 4 is 23.1 Å². The third-order valence-corrected chi connectivity index (χ3v) is 11.3. The topological polar surface area (TPSA) is 0 Å². The van der Waals surface area contributed by atoms with Crippen molar-refractivity contribution in [1.82, 2.24) is 0 Å². The molecular formula is C25H31Cl2Zr. The summed E-state index contributed by atoms with van der Waals surface area (Å²) in [5.74, 6) is 0.512. The molecule has 0 spiro atoms. The molecule has 0 N–H and O–H groups in total. The molecule has 0 fully saturated rings. The molecule has 1 aliphatic rings. The van der Waals surface area contributed by atoms with E-state index in [1.807, 2.05) is 0 Å². The summed E-state index contributed by atoms with van der Waals surface area (Å²) in [4.78, 5) is 0. The molecule has 149 valence electrons. The Balaban J connectivity index is 2.37. The maximum atomic E-state index is 6.72. The summed E-state index contributed by atoms with van der Waals surface area (Å²) in [7, 11) is 13.4. The van der Waals surface area contributed by atoms with Crippen LogP contribution in [0.2, 0.25) is 0 Å². The summed E-state index contributed by atoms with van der Waals surface area (Å²) in [5, 5.41) is 0. The predicted molar refractivity (Wildman–Crippen MR) is 122 cm³/mol. The van der Waals surface area contributed by atoms with Crippen LogP contribution in [-0.4, -0.2) is 0 Å². The maximum absolute atomic E-state index is 6.72. The Morgan fingerprint density at radius 3 is 2.29 bits per heavy atom. The van der Waals surface area contributed by atoms with Crippen molar-refractivity contribution in [2.75, 3.05) is 0 Å². The summed E-state index contributed by atoms with van der Waals surface area (Å²) in [6.45, 7) is 13.7. The van der Waals surface area contributed by atoms with E-state index in [4.69, 9.17) is 17.0 Å². The molecule has 0 bridgehead atoms. The number of halogens is 2. The molecule has 1 aliphatic carbocycles. The van der Waals surface area contributed by atoms with Crippen LogP contribution in [0, 0.1) is 5.92 Å². The Labute approximate surface area is 186 Å². The van der Waals surface area contributed by atoms with Crippen molar-refractivity contribution < 1.29 is 19.4 Å². The molecule has 0 saturated heterocycles. The zero-order valence-corrected chi connectivity index (χ0v) is 21.8. The summed E-state index contributed by atoms with van der Waals surface area (Å²) in [5.41, 5.74) is 9.82. The van der Waals surface area contributed by atoms with Crippen LogP contribution >= 0.6 is 17.0 Å². The Kier molecular flexibility index (Phi) is 7.01. The van der Waals surface area contributed by atoms with Crippen molar-refractivity contribution in [3.63, 3.8) is 0 Å². The van der Waals surface area contributed by atoms with E-state index in [9.17, 15) is 0 Å². The van der Waals surface area contributed by atoms with Gasteiger partial charge < -0.3 is 0 Å². The number of fused-ring (bicyclic) bond motifs is 1. The first-order valence-electron chi connectivity index (χ1n) is 10.4. The van der Waals surface area contributed by atoms with Crippen LogP contribution in [0.15, 0.2) is 42.0 Å². The third kappa shape index (κ3) is 4.10. The summed E-state index contributed by atoms with van der Waals surface area (Å²) in [6, 6.07) is 13.5. The Bertz CT molecular complexity index is 890. The van der Waals surface area contributed by atoms with Gasteiger partial charge in [-0.05, 0) is 0 Å². The zero-order valence-electron chi connectivity index (χ0n) is 17.9. The molecule has 28 heavy (non-hydrogen) atoms. The van der Waals surface area contributed by atoms with Gasteiger partial charge in [-0.3, -0.25) is 0 Å². The summed E-state index contributed by atoms with van der Waals surface area (Å²) < 4.78 is 0.275. The minimum atomic E-state index is -2.51. The Morgan fingerprint density at radius 1 is 1.04 bits per heavy atom. The Hall–Kier alpha value is -0.357. The second-order valence-corrected chi connectivity index (χ2v) is 17.7. The summed E-state index contributed by atoms with van der Waals surface area (Å²) in [6.07, 6.45) is 4.59. The average molecular weight is 494 g/mol. The van der Waals surface area contributed by atoms with Crippen molar-refractivity contribution in [2.24, 2.45) is 5.92 Å². The van der Waals surface area contributed by atoms with E-state index < -0.39 is 19.4 Å². The van der Waals surface area contributed by atoms with E-state index in [2.05, 4.69) is 84.0 Å². The van der Waals surface area contributed by atoms with Crippen LogP contribution in [0.1, 0.15) is 73.8 Å². The third-order valence-electron chi connectivity index (χ3n) is 6.11. The molecule has 0 aromatic heterocycles. The molecule has 2 atom stereocenters. The van der Waals surface area contributed by atoms with Crippen molar-refractivity contribution in [3.05, 3.63) is 64.2 Å². The normalized spacial score (nSPS) is 17.3. The van der Waals surface area contributed by atoms with Gasteiger partial charge in [0.05, 0.1) is 0 Å². The quantitative estimate of drug-likeness (QED) is 0.391. The van der Waals surface area contributed by atoms with Gasteiger partial charge in [0, 0.05) is 0 Å². The number of rotatable bonds is 5. The fourth-order valence-corrected chi connectivity index (χ4v) is 9.97. The number of allylic oxidation sites excluding steroid dienone is 1. The van der Waals surface area contributed by atoms with E-state index in [0.29, 0.717) is 5.92 Å². The van der Waals surface area contributed by atoms with Crippen LogP contribution in [0.4, 0.5) is 0 Å². The minimum absolute atomic E-state index is 0.0667. The molecular weight excluding hydrogens is 462 g/mol. The van der Waals surface area contributed by atoms with Crippen LogP contribution < -0.4 is 0 Å². The molecule has 0 radical (unpaired) electrons. The molecule has 0 aliphatic heterocycles. The van der Waals surface area contributed by atoms with Gasteiger partial charge in [-0.15, -0.1) is 0 Å². The van der Waals surface area contributed by atoms with Gasteiger partial charge in [0.2, 0.25) is 0 Å². The first-order chi connectivity index (χ1) is 13.2. The van der Waals surface area contributed by atoms with E-state index in [1.54, 1.807) is 0 Å². The first kappa shape index (κ1) is 22.3. The van der Waals surface area contributed by atoms with Gasteiger partial charge in [0.1, 0.15) is 0 Å². The molecule has 3 rings (SSSR count). The van der Waals surface area contributed by atoms with Crippen LogP contribution in [0.25, 0.3) is 17.2 Å². The van der Waals surface area contributed by atoms with Gasteiger partial charge in [0.25, 0.3) is 0 Å². The second kappa shape index (κ2) is 8.79. The van der Waals surface area contributed by atoms with Gasteiger partial charge in [-0.25, -0.2) is 0 Å². The molecule has 0 nitrogen and oxygen atoms in total. The number of benzene rings is 2. The van der Waals surface area contributed by atoms with Crippen LogP contribution in [-0.2, 0) is 31.2 Å². The van der Waals surface area contributed by atoms with E-state index in [-0.39, 0.29) is 9.04 Å². The number of aryl methyl sites for hydroxylation is 1. The molecule has 3 heteroatoms. The van der Waals surface area contributed by atoms with Gasteiger partial charge in [0.15, 0.2) is 0 Å². The first-order valence-corrected chi connectivity index (χ1v) is 18.1. The van der Waals surface area contributed by atoms with Crippen molar-refractivity contribution in [2.45, 2.75) is 63.4 Å². The molecule has 0 heterocycles. The van der Waals surface area contributed by atoms with E-state index >= 15 is 0 Å². The second-order valence-electron chi connectivity index (χ2n) is 8.93.